The minimum atomic E-state index is -2.67. The zero-order valence-corrected chi connectivity index (χ0v) is 4.68. The molecule has 54 valence electrons. The summed E-state index contributed by atoms with van der Waals surface area (Å²) >= 11 is 0. The molecule has 0 rings (SSSR count). The summed E-state index contributed by atoms with van der Waals surface area (Å²) in [5.41, 5.74) is -2.67. The number of aliphatic hydroxyl groups excluding tert-OH is 1. The van der Waals surface area contributed by atoms with Crippen molar-refractivity contribution in [3.05, 3.63) is 10.1 Å². The Bertz CT molecular complexity index is 119. The van der Waals surface area contributed by atoms with Crippen molar-refractivity contribution >= 4 is 0 Å². The molecule has 0 amide bonds. The van der Waals surface area contributed by atoms with Crippen LogP contribution < -0.4 is 0 Å². The van der Waals surface area contributed by atoms with E-state index in [-0.39, 0.29) is 0 Å². The van der Waals surface area contributed by atoms with Crippen molar-refractivity contribution in [2.75, 3.05) is 0 Å². The third kappa shape index (κ3) is 1.60. The van der Waals surface area contributed by atoms with Gasteiger partial charge >= 0.3 is 5.72 Å². The minimum Gasteiger partial charge on any atom is -0.360 e. The average molecular weight is 137 g/mol. The second-order valence-corrected chi connectivity index (χ2v) is 1.72. The molecule has 0 aromatic rings. The maximum absolute atomic E-state index is 9.70. The van der Waals surface area contributed by atoms with Gasteiger partial charge in [-0.1, -0.05) is 0 Å². The van der Waals surface area contributed by atoms with E-state index in [0.717, 1.165) is 0 Å². The molecule has 0 heterocycles. The largest absolute Gasteiger partial charge is 0.370 e. The summed E-state index contributed by atoms with van der Waals surface area (Å²) in [6, 6.07) is 0. The third-order valence-electron chi connectivity index (χ3n) is 0.859. The van der Waals surface area contributed by atoms with E-state index in [0.29, 0.717) is 6.92 Å². The molecule has 0 spiro atoms. The predicted octanol–water partition coefficient (Wildman–Crippen LogP) is -1.72. The molecule has 0 aliphatic heterocycles. The molecule has 1 unspecified atom stereocenters. The van der Waals surface area contributed by atoms with Gasteiger partial charge in [-0.3, -0.25) is 10.1 Å². The Morgan fingerprint density at radius 1 is 1.67 bits per heavy atom. The first-order chi connectivity index (χ1) is 3.89. The maximum atomic E-state index is 9.70. The molecule has 9 heavy (non-hydrogen) atoms. The Kier molecular flexibility index (Phi) is 2.08. The summed E-state index contributed by atoms with van der Waals surface area (Å²) in [5.74, 6) is 0. The Morgan fingerprint density at radius 2 is 2.00 bits per heavy atom. The third-order valence-corrected chi connectivity index (χ3v) is 0.859. The van der Waals surface area contributed by atoms with Crippen LogP contribution in [0, 0.1) is 10.1 Å². The summed E-state index contributed by atoms with van der Waals surface area (Å²) in [5, 5.41) is 34.4. The Hall–Kier alpha value is -0.720. The lowest BCUT2D eigenvalue weighted by atomic mass is 10.3. The van der Waals surface area contributed by atoms with Gasteiger partial charge in [0.05, 0.1) is 4.92 Å². The van der Waals surface area contributed by atoms with Gasteiger partial charge < -0.3 is 15.3 Å². The fraction of sp³-hybridized carbons (Fsp3) is 1.00. The van der Waals surface area contributed by atoms with Crippen molar-refractivity contribution in [2.24, 2.45) is 0 Å². The molecular formula is C3H7NO5. The molecule has 0 aliphatic carbocycles. The van der Waals surface area contributed by atoms with Gasteiger partial charge in [0.15, 0.2) is 0 Å². The zero-order chi connectivity index (χ0) is 7.65. The second-order valence-electron chi connectivity index (χ2n) is 1.72. The molecule has 0 bridgehead atoms. The fourth-order valence-electron chi connectivity index (χ4n) is 0.0943. The molecule has 0 radical (unpaired) electrons. The van der Waals surface area contributed by atoms with Crippen LogP contribution in [0.25, 0.3) is 0 Å². The van der Waals surface area contributed by atoms with E-state index in [1.54, 1.807) is 0 Å². The standard InChI is InChI=1S/C3H7NO5/c1-3(7,2(5)6)4(8)9/h2,5-7H,1H3. The lowest BCUT2D eigenvalue weighted by molar-refractivity contribution is -0.644. The number of rotatable bonds is 2. The average Bonchev–Trinajstić information content (AvgIpc) is 1.65. The van der Waals surface area contributed by atoms with Gasteiger partial charge in [0.1, 0.15) is 0 Å². The number of hydrogen-bond donors (Lipinski definition) is 3. The van der Waals surface area contributed by atoms with Crippen molar-refractivity contribution in [2.45, 2.75) is 18.9 Å². The van der Waals surface area contributed by atoms with E-state index >= 15 is 0 Å². The van der Waals surface area contributed by atoms with Gasteiger partial charge in [-0.15, -0.1) is 0 Å². The normalized spacial score (nSPS) is 17.4. The molecule has 6 heteroatoms. The number of nitro groups is 1. The van der Waals surface area contributed by atoms with Gasteiger partial charge in [0.25, 0.3) is 6.29 Å². The lowest BCUT2D eigenvalue weighted by Crippen LogP contribution is -2.46. The van der Waals surface area contributed by atoms with Crippen molar-refractivity contribution in [3.8, 4) is 0 Å². The number of aliphatic hydroxyl groups is 3. The highest BCUT2D eigenvalue weighted by molar-refractivity contribution is 4.58. The van der Waals surface area contributed by atoms with E-state index in [2.05, 4.69) is 0 Å². The maximum Gasteiger partial charge on any atom is 0.370 e. The van der Waals surface area contributed by atoms with Crippen LogP contribution in [0.4, 0.5) is 0 Å². The van der Waals surface area contributed by atoms with Crippen molar-refractivity contribution in [1.82, 2.24) is 0 Å². The first-order valence-corrected chi connectivity index (χ1v) is 2.12. The number of nitrogens with zero attached hydrogens (tertiary/aromatic N) is 1. The monoisotopic (exact) mass is 137 g/mol. The molecule has 1 atom stereocenters. The van der Waals surface area contributed by atoms with Gasteiger partial charge in [0.2, 0.25) is 0 Å². The van der Waals surface area contributed by atoms with Crippen LogP contribution in [-0.2, 0) is 0 Å². The number of hydrogen-bond acceptors (Lipinski definition) is 5. The Morgan fingerprint density at radius 3 is 2.00 bits per heavy atom. The van der Waals surface area contributed by atoms with Crippen LogP contribution in [0.2, 0.25) is 0 Å². The minimum absolute atomic E-state index is 0.692. The summed E-state index contributed by atoms with van der Waals surface area (Å²) < 4.78 is 0. The van der Waals surface area contributed by atoms with Crippen LogP contribution >= 0.6 is 0 Å². The highest BCUT2D eigenvalue weighted by Gasteiger charge is 2.41. The molecule has 0 saturated heterocycles. The van der Waals surface area contributed by atoms with E-state index in [9.17, 15) is 10.1 Å². The van der Waals surface area contributed by atoms with Crippen LogP contribution in [-0.4, -0.2) is 32.3 Å². The SMILES string of the molecule is CC(O)(C(O)O)[N+](=O)[O-]. The van der Waals surface area contributed by atoms with E-state index in [4.69, 9.17) is 15.3 Å². The second kappa shape index (κ2) is 2.26. The highest BCUT2D eigenvalue weighted by Crippen LogP contribution is 2.06. The summed E-state index contributed by atoms with van der Waals surface area (Å²) in [4.78, 5) is 8.52. The van der Waals surface area contributed by atoms with Crippen LogP contribution in [0.3, 0.4) is 0 Å². The van der Waals surface area contributed by atoms with Crippen molar-refractivity contribution < 1.29 is 20.2 Å². The molecule has 3 N–H and O–H groups in total. The Balaban J connectivity index is 4.19. The lowest BCUT2D eigenvalue weighted by Gasteiger charge is -2.14. The van der Waals surface area contributed by atoms with Crippen LogP contribution in [0.1, 0.15) is 6.92 Å². The van der Waals surface area contributed by atoms with Crippen molar-refractivity contribution in [3.63, 3.8) is 0 Å². The molecule has 0 aliphatic rings. The van der Waals surface area contributed by atoms with Gasteiger partial charge in [-0.25, -0.2) is 0 Å². The quantitative estimate of drug-likeness (QED) is 0.238. The molecule has 0 aromatic carbocycles. The highest BCUT2D eigenvalue weighted by atomic mass is 16.7. The molecule has 0 saturated carbocycles. The Labute approximate surface area is 50.5 Å². The fourth-order valence-corrected chi connectivity index (χ4v) is 0.0943. The van der Waals surface area contributed by atoms with Crippen molar-refractivity contribution in [1.29, 1.82) is 0 Å². The zero-order valence-electron chi connectivity index (χ0n) is 4.68. The summed E-state index contributed by atoms with van der Waals surface area (Å²) in [6.07, 6.45) is -2.35. The van der Waals surface area contributed by atoms with E-state index < -0.39 is 16.9 Å². The van der Waals surface area contributed by atoms with Crippen LogP contribution in [0.5, 0.6) is 0 Å². The summed E-state index contributed by atoms with van der Waals surface area (Å²) in [7, 11) is 0. The molecule has 0 fully saturated rings. The smallest absolute Gasteiger partial charge is 0.360 e. The van der Waals surface area contributed by atoms with Gasteiger partial charge in [-0.2, -0.15) is 0 Å². The van der Waals surface area contributed by atoms with Gasteiger partial charge in [-0.05, 0) is 0 Å². The summed E-state index contributed by atoms with van der Waals surface area (Å²) in [6.45, 7) is 0.692. The first kappa shape index (κ1) is 8.28. The predicted molar refractivity (Wildman–Crippen MR) is 25.8 cm³/mol. The van der Waals surface area contributed by atoms with Gasteiger partial charge in [0, 0.05) is 6.92 Å². The first-order valence-electron chi connectivity index (χ1n) is 2.12. The molecule has 6 nitrogen and oxygen atoms in total. The van der Waals surface area contributed by atoms with E-state index in [1.807, 2.05) is 0 Å². The van der Waals surface area contributed by atoms with E-state index in [1.165, 1.54) is 0 Å². The molecule has 0 aromatic heterocycles. The topological polar surface area (TPSA) is 104 Å². The van der Waals surface area contributed by atoms with Crippen LogP contribution in [0.15, 0.2) is 0 Å². The molecular weight excluding hydrogens is 130 g/mol.